The van der Waals surface area contributed by atoms with Crippen LogP contribution in [0.4, 0.5) is 0 Å². The van der Waals surface area contributed by atoms with Crippen molar-refractivity contribution in [3.05, 3.63) is 46.3 Å². The summed E-state index contributed by atoms with van der Waals surface area (Å²) in [4.78, 5) is 19.8. The predicted octanol–water partition coefficient (Wildman–Crippen LogP) is 3.93. The van der Waals surface area contributed by atoms with E-state index in [9.17, 15) is 4.79 Å². The average molecular weight is 387 g/mol. The average Bonchev–Trinajstić information content (AvgIpc) is 3.29. The molecule has 0 aliphatic carbocycles. The molecule has 27 heavy (non-hydrogen) atoms. The van der Waals surface area contributed by atoms with E-state index in [-0.39, 0.29) is 11.5 Å². The molecule has 0 saturated carbocycles. The van der Waals surface area contributed by atoms with Gasteiger partial charge in [0.2, 0.25) is 5.88 Å². The van der Waals surface area contributed by atoms with Gasteiger partial charge in [0.25, 0.3) is 5.91 Å². The molecule has 2 aliphatic rings. The van der Waals surface area contributed by atoms with Crippen LogP contribution in [0.3, 0.4) is 0 Å². The summed E-state index contributed by atoms with van der Waals surface area (Å²) >= 11 is 1.54. The minimum absolute atomic E-state index is 0.0885. The zero-order valence-corrected chi connectivity index (χ0v) is 16.5. The van der Waals surface area contributed by atoms with Crippen LogP contribution in [0.25, 0.3) is 0 Å². The molecule has 2 aromatic rings. The predicted molar refractivity (Wildman–Crippen MR) is 105 cm³/mol. The molecule has 0 bridgehead atoms. The van der Waals surface area contributed by atoms with E-state index in [2.05, 4.69) is 4.98 Å². The van der Waals surface area contributed by atoms with Crippen molar-refractivity contribution in [2.45, 2.75) is 38.2 Å². The molecule has 1 atom stereocenters. The molecule has 0 aromatic carbocycles. The van der Waals surface area contributed by atoms with Crippen LogP contribution < -0.4 is 4.74 Å². The van der Waals surface area contributed by atoms with Crippen LogP contribution in [0.2, 0.25) is 0 Å². The molecule has 2 fully saturated rings. The van der Waals surface area contributed by atoms with Gasteiger partial charge in [-0.2, -0.15) is 0 Å². The molecule has 0 unspecified atom stereocenters. The van der Waals surface area contributed by atoms with E-state index >= 15 is 0 Å². The first-order valence-corrected chi connectivity index (χ1v) is 10.6. The standard InChI is InChI=1S/C21H26N2O3S/c1-16-7-15-27-19(16)20(24)23-11-8-21(9-12-23)17(6-14-26-21)5-13-25-18-4-2-3-10-22-18/h2-4,7,10,15,17H,5-6,8-9,11-14H2,1H3/t17-/m0/s1. The Morgan fingerprint density at radius 2 is 2.22 bits per heavy atom. The first kappa shape index (κ1) is 18.4. The Morgan fingerprint density at radius 1 is 1.37 bits per heavy atom. The molecule has 4 rings (SSSR count). The van der Waals surface area contributed by atoms with Gasteiger partial charge in [-0.3, -0.25) is 4.79 Å². The Kier molecular flexibility index (Phi) is 5.45. The maximum Gasteiger partial charge on any atom is 0.264 e. The van der Waals surface area contributed by atoms with E-state index < -0.39 is 0 Å². The number of hydrogen-bond acceptors (Lipinski definition) is 5. The minimum Gasteiger partial charge on any atom is -0.478 e. The van der Waals surface area contributed by atoms with Crippen molar-refractivity contribution in [3.63, 3.8) is 0 Å². The fourth-order valence-electron chi connectivity index (χ4n) is 4.31. The molecule has 2 saturated heterocycles. The third-order valence-electron chi connectivity index (χ3n) is 5.91. The van der Waals surface area contributed by atoms with Gasteiger partial charge in [-0.25, -0.2) is 4.98 Å². The summed E-state index contributed by atoms with van der Waals surface area (Å²) in [5.74, 6) is 1.34. The van der Waals surface area contributed by atoms with Crippen molar-refractivity contribution in [1.82, 2.24) is 9.88 Å². The molecule has 2 aliphatic heterocycles. The van der Waals surface area contributed by atoms with Crippen molar-refractivity contribution in [2.75, 3.05) is 26.3 Å². The number of aryl methyl sites for hydroxylation is 1. The molecular formula is C21H26N2O3S. The molecule has 0 radical (unpaired) electrons. The van der Waals surface area contributed by atoms with Gasteiger partial charge in [0.05, 0.1) is 17.1 Å². The summed E-state index contributed by atoms with van der Waals surface area (Å²) in [5, 5.41) is 1.99. The number of amides is 1. The fourth-order valence-corrected chi connectivity index (χ4v) is 5.20. The largest absolute Gasteiger partial charge is 0.478 e. The second-order valence-corrected chi connectivity index (χ2v) is 8.35. The van der Waals surface area contributed by atoms with Gasteiger partial charge in [0, 0.05) is 32.0 Å². The molecule has 4 heterocycles. The number of likely N-dealkylation sites (tertiary alicyclic amines) is 1. The van der Waals surface area contributed by atoms with Crippen LogP contribution in [0.1, 0.15) is 40.9 Å². The fraction of sp³-hybridized carbons (Fsp3) is 0.524. The number of pyridine rings is 1. The van der Waals surface area contributed by atoms with E-state index in [1.165, 1.54) is 11.3 Å². The van der Waals surface area contributed by atoms with Crippen LogP contribution in [-0.2, 0) is 4.74 Å². The van der Waals surface area contributed by atoms with E-state index in [0.717, 1.165) is 55.8 Å². The van der Waals surface area contributed by atoms with E-state index in [1.807, 2.05) is 41.5 Å². The summed E-state index contributed by atoms with van der Waals surface area (Å²) in [6, 6.07) is 7.72. The first-order chi connectivity index (χ1) is 13.2. The number of piperidine rings is 1. The number of thiophene rings is 1. The highest BCUT2D eigenvalue weighted by Gasteiger charge is 2.46. The molecule has 2 aromatic heterocycles. The number of nitrogens with zero attached hydrogens (tertiary/aromatic N) is 2. The summed E-state index contributed by atoms with van der Waals surface area (Å²) in [5.41, 5.74) is 0.987. The SMILES string of the molecule is Cc1ccsc1C(=O)N1CCC2(CC1)OCC[C@@H]2CCOc1ccccn1. The minimum atomic E-state index is -0.0885. The molecule has 1 spiro atoms. The maximum absolute atomic E-state index is 12.8. The lowest BCUT2D eigenvalue weighted by molar-refractivity contribution is -0.0648. The Hall–Kier alpha value is -1.92. The summed E-state index contributed by atoms with van der Waals surface area (Å²) in [7, 11) is 0. The lowest BCUT2D eigenvalue weighted by atomic mass is 9.78. The number of rotatable bonds is 5. The number of hydrogen-bond donors (Lipinski definition) is 0. The third-order valence-corrected chi connectivity index (χ3v) is 6.91. The topological polar surface area (TPSA) is 51.7 Å². The van der Waals surface area contributed by atoms with Crippen molar-refractivity contribution < 1.29 is 14.3 Å². The van der Waals surface area contributed by atoms with Crippen molar-refractivity contribution in [3.8, 4) is 5.88 Å². The van der Waals surface area contributed by atoms with Crippen LogP contribution in [0, 0.1) is 12.8 Å². The van der Waals surface area contributed by atoms with E-state index in [0.29, 0.717) is 18.4 Å². The van der Waals surface area contributed by atoms with Crippen LogP contribution in [0.15, 0.2) is 35.8 Å². The van der Waals surface area contributed by atoms with Gasteiger partial charge in [-0.05, 0) is 61.6 Å². The smallest absolute Gasteiger partial charge is 0.264 e. The molecule has 144 valence electrons. The highest BCUT2D eigenvalue weighted by molar-refractivity contribution is 7.12. The van der Waals surface area contributed by atoms with E-state index in [1.54, 1.807) is 6.20 Å². The van der Waals surface area contributed by atoms with Crippen LogP contribution in [0.5, 0.6) is 5.88 Å². The normalized spacial score (nSPS) is 21.5. The van der Waals surface area contributed by atoms with Crippen molar-refractivity contribution >= 4 is 17.2 Å². The molecule has 1 amide bonds. The Labute approximate surface area is 164 Å². The zero-order valence-electron chi connectivity index (χ0n) is 15.7. The Morgan fingerprint density at radius 3 is 2.93 bits per heavy atom. The Bertz CT molecular complexity index is 769. The second-order valence-electron chi connectivity index (χ2n) is 7.43. The number of carbonyl (C=O) groups is 1. The van der Waals surface area contributed by atoms with Crippen LogP contribution in [-0.4, -0.2) is 47.7 Å². The van der Waals surface area contributed by atoms with Gasteiger partial charge in [0.1, 0.15) is 0 Å². The lowest BCUT2D eigenvalue weighted by Gasteiger charge is -2.42. The van der Waals surface area contributed by atoms with Gasteiger partial charge in [-0.15, -0.1) is 11.3 Å². The van der Waals surface area contributed by atoms with Gasteiger partial charge < -0.3 is 14.4 Å². The highest BCUT2D eigenvalue weighted by atomic mass is 32.1. The summed E-state index contributed by atoms with van der Waals surface area (Å²) in [6.07, 6.45) is 5.62. The third kappa shape index (κ3) is 3.87. The highest BCUT2D eigenvalue weighted by Crippen LogP contribution is 2.42. The van der Waals surface area contributed by atoms with E-state index in [4.69, 9.17) is 9.47 Å². The van der Waals surface area contributed by atoms with Gasteiger partial charge in [0.15, 0.2) is 0 Å². The molecule has 6 heteroatoms. The first-order valence-electron chi connectivity index (χ1n) is 9.69. The Balaban J connectivity index is 1.32. The monoisotopic (exact) mass is 386 g/mol. The zero-order chi connectivity index (χ0) is 18.7. The van der Waals surface area contributed by atoms with Crippen molar-refractivity contribution in [1.29, 1.82) is 0 Å². The number of carbonyl (C=O) groups excluding carboxylic acids is 1. The molecular weight excluding hydrogens is 360 g/mol. The van der Waals surface area contributed by atoms with Gasteiger partial charge >= 0.3 is 0 Å². The lowest BCUT2D eigenvalue weighted by Crippen LogP contribution is -2.49. The number of ether oxygens (including phenoxy) is 2. The van der Waals surface area contributed by atoms with Crippen LogP contribution >= 0.6 is 11.3 Å². The number of aromatic nitrogens is 1. The second kappa shape index (κ2) is 7.98. The van der Waals surface area contributed by atoms with Gasteiger partial charge in [-0.1, -0.05) is 6.07 Å². The summed E-state index contributed by atoms with van der Waals surface area (Å²) < 4.78 is 12.0. The quantitative estimate of drug-likeness (QED) is 0.781. The maximum atomic E-state index is 12.8. The summed E-state index contributed by atoms with van der Waals surface area (Å²) in [6.45, 7) is 5.02. The molecule has 5 nitrogen and oxygen atoms in total. The van der Waals surface area contributed by atoms with Crippen molar-refractivity contribution in [2.24, 2.45) is 5.92 Å². The molecule has 0 N–H and O–H groups in total.